The summed E-state index contributed by atoms with van der Waals surface area (Å²) in [4.78, 5) is 17.4. The molecule has 1 aromatic heterocycles. The van der Waals surface area contributed by atoms with E-state index in [1.807, 2.05) is 0 Å². The predicted molar refractivity (Wildman–Crippen MR) is 104 cm³/mol. The molecule has 0 radical (unpaired) electrons. The smallest absolute Gasteiger partial charge is 0.326 e. The van der Waals surface area contributed by atoms with Crippen LogP contribution in [-0.4, -0.2) is 46.8 Å². The molecule has 1 unspecified atom stereocenters. The second-order valence-electron chi connectivity index (χ2n) is 7.64. The average Bonchev–Trinajstić information content (AvgIpc) is 3.03. The summed E-state index contributed by atoms with van der Waals surface area (Å²) in [6.45, 7) is 2.73. The molecule has 152 valence electrons. The number of hydrogen-bond donors (Lipinski definition) is 1. The second kappa shape index (κ2) is 7.18. The molecule has 0 spiro atoms. The van der Waals surface area contributed by atoms with Crippen LogP contribution in [0.25, 0.3) is 11.0 Å². The third-order valence-electron chi connectivity index (χ3n) is 5.69. The molecular weight excluding hydrogens is 380 g/mol. The summed E-state index contributed by atoms with van der Waals surface area (Å²) < 4.78 is 40.0. The van der Waals surface area contributed by atoms with Crippen LogP contribution in [0, 0.1) is 11.6 Å². The van der Waals surface area contributed by atoms with Gasteiger partial charge >= 0.3 is 5.69 Å². The number of hydrogen-bond acceptors (Lipinski definition) is 4. The average molecular weight is 401 g/mol. The van der Waals surface area contributed by atoms with Crippen molar-refractivity contribution in [2.75, 3.05) is 26.2 Å². The standard InChI is InChI=1S/C21H21F2N3O3/c22-13-1-3-18-17(9-13)24-21(27)26(18)15-5-7-25(8-6-15)11-16-12-28-20-10-14(23)2-4-19(20)29-16/h1-4,9-10,15-16H,5-8,11-12H2,(H,24,27). The van der Waals surface area contributed by atoms with Crippen LogP contribution in [0.15, 0.2) is 41.2 Å². The Labute approximate surface area is 165 Å². The predicted octanol–water partition coefficient (Wildman–Crippen LogP) is 3.08. The Bertz CT molecular complexity index is 1100. The lowest BCUT2D eigenvalue weighted by molar-refractivity contribution is 0.0482. The van der Waals surface area contributed by atoms with E-state index in [1.54, 1.807) is 16.7 Å². The van der Waals surface area contributed by atoms with Gasteiger partial charge in [0.1, 0.15) is 24.3 Å². The molecule has 2 aliphatic rings. The van der Waals surface area contributed by atoms with Gasteiger partial charge in [0.15, 0.2) is 11.5 Å². The van der Waals surface area contributed by atoms with Gasteiger partial charge in [-0.2, -0.15) is 0 Å². The van der Waals surface area contributed by atoms with Crippen molar-refractivity contribution in [3.8, 4) is 11.5 Å². The molecule has 1 fully saturated rings. The topological polar surface area (TPSA) is 59.5 Å². The zero-order valence-electron chi connectivity index (χ0n) is 15.7. The van der Waals surface area contributed by atoms with Crippen LogP contribution in [0.5, 0.6) is 11.5 Å². The molecule has 0 aliphatic carbocycles. The highest BCUT2D eigenvalue weighted by Crippen LogP contribution is 2.33. The number of nitrogens with zero attached hydrogens (tertiary/aromatic N) is 2. The molecular formula is C21H21F2N3O3. The summed E-state index contributed by atoms with van der Waals surface area (Å²) in [6, 6.07) is 8.75. The number of H-pyrrole nitrogens is 1. The van der Waals surface area contributed by atoms with Crippen molar-refractivity contribution in [2.45, 2.75) is 25.0 Å². The van der Waals surface area contributed by atoms with E-state index in [0.717, 1.165) is 31.4 Å². The first-order valence-corrected chi connectivity index (χ1v) is 9.78. The molecule has 0 amide bonds. The minimum absolute atomic E-state index is 0.0742. The second-order valence-corrected chi connectivity index (χ2v) is 7.64. The zero-order valence-corrected chi connectivity index (χ0v) is 15.7. The van der Waals surface area contributed by atoms with E-state index in [2.05, 4.69) is 9.88 Å². The van der Waals surface area contributed by atoms with Gasteiger partial charge in [-0.15, -0.1) is 0 Å². The van der Waals surface area contributed by atoms with Crippen LogP contribution in [0.4, 0.5) is 8.78 Å². The summed E-state index contributed by atoms with van der Waals surface area (Å²) in [5.41, 5.74) is 1.07. The van der Waals surface area contributed by atoms with Crippen molar-refractivity contribution in [3.05, 3.63) is 58.5 Å². The van der Waals surface area contributed by atoms with Crippen molar-refractivity contribution < 1.29 is 18.3 Å². The minimum atomic E-state index is -0.361. The van der Waals surface area contributed by atoms with Crippen molar-refractivity contribution in [1.82, 2.24) is 14.5 Å². The number of likely N-dealkylation sites (tertiary alicyclic amines) is 1. The van der Waals surface area contributed by atoms with E-state index in [4.69, 9.17) is 9.47 Å². The Hall–Kier alpha value is -2.87. The van der Waals surface area contributed by atoms with Gasteiger partial charge in [0, 0.05) is 31.7 Å². The molecule has 1 atom stereocenters. The number of rotatable bonds is 3. The number of fused-ring (bicyclic) bond motifs is 2. The first kappa shape index (κ1) is 18.2. The SMILES string of the molecule is O=c1[nH]c2cc(F)ccc2n1C1CCN(CC2COc3cc(F)ccc3O2)CC1. The molecule has 0 saturated carbocycles. The summed E-state index contributed by atoms with van der Waals surface area (Å²) in [6.07, 6.45) is 1.52. The Morgan fingerprint density at radius 1 is 1.03 bits per heavy atom. The van der Waals surface area contributed by atoms with E-state index in [0.29, 0.717) is 30.2 Å². The summed E-state index contributed by atoms with van der Waals surface area (Å²) in [7, 11) is 0. The number of imidazole rings is 1. The number of piperidine rings is 1. The molecule has 3 aromatic rings. The van der Waals surface area contributed by atoms with Crippen LogP contribution in [-0.2, 0) is 0 Å². The highest BCUT2D eigenvalue weighted by atomic mass is 19.1. The lowest BCUT2D eigenvalue weighted by atomic mass is 10.0. The largest absolute Gasteiger partial charge is 0.486 e. The van der Waals surface area contributed by atoms with Gasteiger partial charge in [-0.1, -0.05) is 0 Å². The van der Waals surface area contributed by atoms with Crippen molar-refractivity contribution in [1.29, 1.82) is 0 Å². The number of aromatic nitrogens is 2. The van der Waals surface area contributed by atoms with Crippen molar-refractivity contribution in [2.24, 2.45) is 0 Å². The molecule has 3 heterocycles. The fourth-order valence-electron chi connectivity index (χ4n) is 4.29. The highest BCUT2D eigenvalue weighted by Gasteiger charge is 2.28. The molecule has 6 nitrogen and oxygen atoms in total. The number of ether oxygens (including phenoxy) is 2. The van der Waals surface area contributed by atoms with Gasteiger partial charge in [0.05, 0.1) is 11.0 Å². The van der Waals surface area contributed by atoms with E-state index < -0.39 is 0 Å². The fourth-order valence-corrected chi connectivity index (χ4v) is 4.29. The Balaban J connectivity index is 1.23. The molecule has 29 heavy (non-hydrogen) atoms. The molecule has 5 rings (SSSR count). The van der Waals surface area contributed by atoms with Crippen LogP contribution >= 0.6 is 0 Å². The van der Waals surface area contributed by atoms with Crippen LogP contribution in [0.1, 0.15) is 18.9 Å². The molecule has 2 aliphatic heterocycles. The quantitative estimate of drug-likeness (QED) is 0.733. The number of aromatic amines is 1. The summed E-state index contributed by atoms with van der Waals surface area (Å²) in [5.74, 6) is 0.299. The third-order valence-corrected chi connectivity index (χ3v) is 5.69. The van der Waals surface area contributed by atoms with Crippen molar-refractivity contribution in [3.63, 3.8) is 0 Å². The van der Waals surface area contributed by atoms with Crippen LogP contribution < -0.4 is 15.2 Å². The summed E-state index contributed by atoms with van der Waals surface area (Å²) in [5, 5.41) is 0. The van der Waals surface area contributed by atoms with Gasteiger partial charge in [-0.3, -0.25) is 9.47 Å². The zero-order chi connectivity index (χ0) is 20.0. The number of nitrogens with one attached hydrogen (secondary N) is 1. The summed E-state index contributed by atoms with van der Waals surface area (Å²) >= 11 is 0. The van der Waals surface area contributed by atoms with Crippen molar-refractivity contribution >= 4 is 11.0 Å². The minimum Gasteiger partial charge on any atom is -0.486 e. The Morgan fingerprint density at radius 2 is 1.79 bits per heavy atom. The molecule has 1 saturated heterocycles. The number of benzene rings is 2. The van der Waals surface area contributed by atoms with Crippen LogP contribution in [0.2, 0.25) is 0 Å². The fraction of sp³-hybridized carbons (Fsp3) is 0.381. The first-order chi connectivity index (χ1) is 14.1. The van der Waals surface area contributed by atoms with E-state index >= 15 is 0 Å². The lowest BCUT2D eigenvalue weighted by Crippen LogP contribution is -2.45. The van der Waals surface area contributed by atoms with E-state index in [1.165, 1.54) is 24.3 Å². The van der Waals surface area contributed by atoms with Gasteiger partial charge in [0.25, 0.3) is 0 Å². The highest BCUT2D eigenvalue weighted by molar-refractivity contribution is 5.75. The van der Waals surface area contributed by atoms with Gasteiger partial charge in [-0.05, 0) is 43.2 Å². The number of halogens is 2. The molecule has 1 N–H and O–H groups in total. The first-order valence-electron chi connectivity index (χ1n) is 9.78. The lowest BCUT2D eigenvalue weighted by Gasteiger charge is -2.36. The normalized spacial score (nSPS) is 20.3. The Kier molecular flexibility index (Phi) is 4.50. The Morgan fingerprint density at radius 3 is 2.62 bits per heavy atom. The van der Waals surface area contributed by atoms with Crippen LogP contribution in [0.3, 0.4) is 0 Å². The van der Waals surface area contributed by atoms with Gasteiger partial charge < -0.3 is 14.5 Å². The van der Waals surface area contributed by atoms with Gasteiger partial charge in [-0.25, -0.2) is 13.6 Å². The third kappa shape index (κ3) is 3.48. The molecule has 2 aromatic carbocycles. The maximum absolute atomic E-state index is 13.4. The molecule has 8 heteroatoms. The van der Waals surface area contributed by atoms with Gasteiger partial charge in [0.2, 0.25) is 0 Å². The van der Waals surface area contributed by atoms with E-state index in [-0.39, 0.29) is 29.5 Å². The van der Waals surface area contributed by atoms with E-state index in [9.17, 15) is 13.6 Å². The molecule has 0 bridgehead atoms. The maximum Gasteiger partial charge on any atom is 0.326 e. The monoisotopic (exact) mass is 401 g/mol. The maximum atomic E-state index is 13.4.